The van der Waals surface area contributed by atoms with Crippen LogP contribution in [-0.2, 0) is 33.5 Å². The number of nitrogens with one attached hydrogen (secondary N) is 1. The first kappa shape index (κ1) is 28.9. The van der Waals surface area contributed by atoms with Crippen molar-refractivity contribution in [3.8, 4) is 5.88 Å². The first-order valence-electron chi connectivity index (χ1n) is 11.7. The van der Waals surface area contributed by atoms with Gasteiger partial charge in [-0.15, -0.1) is 23.1 Å². The maximum Gasteiger partial charge on any atom is 0.358 e. The normalized spacial score (nSPS) is 18.9. The van der Waals surface area contributed by atoms with Crippen LogP contribution < -0.4 is 15.8 Å². The number of oxime groups is 1. The van der Waals surface area contributed by atoms with Gasteiger partial charge in [-0.1, -0.05) is 5.16 Å². The van der Waals surface area contributed by atoms with Crippen molar-refractivity contribution in [2.24, 2.45) is 10.6 Å². The van der Waals surface area contributed by atoms with E-state index in [-0.39, 0.29) is 40.5 Å². The van der Waals surface area contributed by atoms with Crippen molar-refractivity contribution >= 4 is 57.7 Å². The number of carbonyl (C=O) groups excluding carboxylic acids is 4. The molecule has 214 valence electrons. The molecule has 2 aromatic rings. The van der Waals surface area contributed by atoms with Crippen LogP contribution in [0.1, 0.15) is 26.5 Å². The first-order valence-corrected chi connectivity index (χ1v) is 13.6. The molecule has 2 aromatic heterocycles. The summed E-state index contributed by atoms with van der Waals surface area (Å²) in [7, 11) is 1.26. The number of nitrogen functional groups attached to an aromatic ring is 1. The number of β-lactam (4-membered cyclic amide) rings is 1. The summed E-state index contributed by atoms with van der Waals surface area (Å²) in [6, 6.07) is 0.494. The quantitative estimate of drug-likeness (QED) is 0.129. The van der Waals surface area contributed by atoms with E-state index in [4.69, 9.17) is 29.3 Å². The molecule has 15 nitrogen and oxygen atoms in total. The molecule has 1 unspecified atom stereocenters. The van der Waals surface area contributed by atoms with Crippen molar-refractivity contribution in [3.05, 3.63) is 34.7 Å². The number of fused-ring (bicyclic) bond motifs is 1. The average molecular weight is 595 g/mol. The van der Waals surface area contributed by atoms with Gasteiger partial charge in [0.2, 0.25) is 6.79 Å². The highest BCUT2D eigenvalue weighted by Gasteiger charge is 2.55. The van der Waals surface area contributed by atoms with Crippen LogP contribution in [0.3, 0.4) is 0 Å². The van der Waals surface area contributed by atoms with Gasteiger partial charge in [0.05, 0.1) is 5.41 Å². The molecule has 2 aliphatic rings. The number of esters is 2. The number of hydrogen-bond donors (Lipinski definition) is 2. The second-order valence-corrected chi connectivity index (χ2v) is 11.4. The van der Waals surface area contributed by atoms with E-state index in [0.717, 1.165) is 11.3 Å². The zero-order chi connectivity index (χ0) is 29.0. The Labute approximate surface area is 236 Å². The van der Waals surface area contributed by atoms with Crippen LogP contribution in [0, 0.1) is 5.41 Å². The number of hydrogen-bond acceptors (Lipinski definition) is 15. The Balaban J connectivity index is 1.50. The number of ether oxygens (including phenoxy) is 3. The van der Waals surface area contributed by atoms with E-state index in [1.165, 1.54) is 41.5 Å². The van der Waals surface area contributed by atoms with Gasteiger partial charge in [0.25, 0.3) is 17.7 Å². The molecular formula is C23H26N6O9S2. The fourth-order valence-electron chi connectivity index (χ4n) is 3.54. The molecule has 2 amide bonds. The van der Waals surface area contributed by atoms with Gasteiger partial charge >= 0.3 is 11.9 Å². The SMILES string of the molecule is CO/N=C(\C(=O)NC1C(=O)N2C(C(=O)OCOC(=O)C(C)(C)C)=C(COc3ccon3)CS[C@H]12)c1csc(N)n1. The van der Waals surface area contributed by atoms with E-state index in [0.29, 0.717) is 5.57 Å². The Morgan fingerprint density at radius 3 is 2.70 bits per heavy atom. The summed E-state index contributed by atoms with van der Waals surface area (Å²) >= 11 is 2.41. The van der Waals surface area contributed by atoms with Gasteiger partial charge in [-0.3, -0.25) is 19.3 Å². The van der Waals surface area contributed by atoms with Gasteiger partial charge in [0.15, 0.2) is 10.8 Å². The summed E-state index contributed by atoms with van der Waals surface area (Å²) in [4.78, 5) is 61.5. The Morgan fingerprint density at radius 1 is 1.30 bits per heavy atom. The molecule has 17 heteroatoms. The number of thioether (sulfide) groups is 1. The van der Waals surface area contributed by atoms with Crippen LogP contribution in [0.25, 0.3) is 0 Å². The van der Waals surface area contributed by atoms with Crippen molar-refractivity contribution in [1.29, 1.82) is 0 Å². The predicted molar refractivity (Wildman–Crippen MR) is 141 cm³/mol. The molecule has 0 radical (unpaired) electrons. The highest BCUT2D eigenvalue weighted by Crippen LogP contribution is 2.41. The van der Waals surface area contributed by atoms with Crippen LogP contribution >= 0.6 is 23.1 Å². The minimum atomic E-state index is -0.991. The third-order valence-corrected chi connectivity index (χ3v) is 7.50. The van der Waals surface area contributed by atoms with Crippen molar-refractivity contribution in [2.45, 2.75) is 32.2 Å². The molecule has 0 aliphatic carbocycles. The molecule has 0 saturated carbocycles. The molecule has 40 heavy (non-hydrogen) atoms. The van der Waals surface area contributed by atoms with E-state index in [1.54, 1.807) is 20.8 Å². The summed E-state index contributed by atoms with van der Waals surface area (Å²) in [5.74, 6) is -2.32. The number of nitrogens with zero attached hydrogens (tertiary/aromatic N) is 4. The van der Waals surface area contributed by atoms with Crippen molar-refractivity contribution in [3.63, 3.8) is 0 Å². The number of aromatic nitrogens is 2. The molecule has 1 saturated heterocycles. The monoisotopic (exact) mass is 594 g/mol. The van der Waals surface area contributed by atoms with Crippen LogP contribution in [0.5, 0.6) is 5.88 Å². The van der Waals surface area contributed by atoms with Gasteiger partial charge in [-0.25, -0.2) is 9.78 Å². The third kappa shape index (κ3) is 6.20. The van der Waals surface area contributed by atoms with Crippen molar-refractivity contribution in [2.75, 3.05) is 32.0 Å². The van der Waals surface area contributed by atoms with Crippen molar-refractivity contribution in [1.82, 2.24) is 20.4 Å². The van der Waals surface area contributed by atoms with Crippen molar-refractivity contribution < 1.29 is 42.7 Å². The molecule has 4 rings (SSSR count). The molecule has 0 aromatic carbocycles. The smallest absolute Gasteiger partial charge is 0.358 e. The number of anilines is 1. The summed E-state index contributed by atoms with van der Waals surface area (Å²) in [5.41, 5.74) is 5.23. The zero-order valence-corrected chi connectivity index (χ0v) is 23.5. The average Bonchev–Trinajstić information content (AvgIpc) is 3.59. The van der Waals surface area contributed by atoms with E-state index in [2.05, 4.69) is 20.6 Å². The summed E-state index contributed by atoms with van der Waals surface area (Å²) in [5, 5.41) is 11.1. The molecule has 0 bridgehead atoms. The van der Waals surface area contributed by atoms with E-state index >= 15 is 0 Å². The zero-order valence-electron chi connectivity index (χ0n) is 21.9. The lowest BCUT2D eigenvalue weighted by Crippen LogP contribution is -2.71. The Kier molecular flexibility index (Phi) is 8.63. The maximum atomic E-state index is 13.3. The van der Waals surface area contributed by atoms with Crippen LogP contribution in [-0.4, -0.2) is 82.2 Å². The molecular weight excluding hydrogens is 568 g/mol. The minimum Gasteiger partial charge on any atom is -0.471 e. The molecule has 2 aliphatic heterocycles. The minimum absolute atomic E-state index is 0.0763. The highest BCUT2D eigenvalue weighted by molar-refractivity contribution is 8.00. The van der Waals surface area contributed by atoms with E-state index in [1.807, 2.05) is 0 Å². The van der Waals surface area contributed by atoms with E-state index in [9.17, 15) is 19.2 Å². The number of carbonyl (C=O) groups is 4. The summed E-state index contributed by atoms with van der Waals surface area (Å²) < 4.78 is 20.5. The maximum absolute atomic E-state index is 13.3. The molecule has 2 atom stereocenters. The standard InChI is InChI=1S/C23H26N6O9S2/c1-23(2,3)21(33)37-10-36-20(32)16-11(7-35-13-5-6-38-27-13)8-39-19-15(18(31)29(16)19)26-17(30)14(28-34-4)12-9-40-22(24)25-12/h5-6,9,15,19H,7-8,10H2,1-4H3,(H2,24,25)(H,26,30)/b28-14-/t15?,19-/m1/s1. The lowest BCUT2D eigenvalue weighted by atomic mass is 9.98. The summed E-state index contributed by atoms with van der Waals surface area (Å²) in [6.45, 7) is 4.21. The van der Waals surface area contributed by atoms with Gasteiger partial charge in [-0.2, -0.15) is 0 Å². The Hall–Kier alpha value is -4.12. The molecule has 3 N–H and O–H groups in total. The Bertz CT molecular complexity index is 1350. The van der Waals surface area contributed by atoms with Gasteiger partial charge < -0.3 is 34.6 Å². The van der Waals surface area contributed by atoms with Crippen LogP contribution in [0.2, 0.25) is 0 Å². The second-order valence-electron chi connectivity index (χ2n) is 9.36. The second kappa shape index (κ2) is 12.0. The topological polar surface area (TPSA) is 198 Å². The lowest BCUT2D eigenvalue weighted by molar-refractivity contribution is -0.173. The largest absolute Gasteiger partial charge is 0.471 e. The molecule has 0 spiro atoms. The lowest BCUT2D eigenvalue weighted by Gasteiger charge is -2.49. The van der Waals surface area contributed by atoms with Gasteiger partial charge in [0.1, 0.15) is 42.8 Å². The molecule has 4 heterocycles. The fraction of sp³-hybridized carbons (Fsp3) is 0.435. The third-order valence-electron chi connectivity index (χ3n) is 5.49. The Morgan fingerprint density at radius 2 is 2.08 bits per heavy atom. The first-order chi connectivity index (χ1) is 19.0. The van der Waals surface area contributed by atoms with Crippen LogP contribution in [0.15, 0.2) is 38.7 Å². The predicted octanol–water partition coefficient (Wildman–Crippen LogP) is 0.887. The van der Waals surface area contributed by atoms with Gasteiger partial charge in [0, 0.05) is 22.8 Å². The molecule has 1 fully saturated rings. The fourth-order valence-corrected chi connectivity index (χ4v) is 5.42. The highest BCUT2D eigenvalue weighted by atomic mass is 32.2. The number of rotatable bonds is 10. The number of thiazole rings is 1. The number of amides is 2. The van der Waals surface area contributed by atoms with E-state index < -0.39 is 47.4 Å². The number of nitrogens with two attached hydrogens (primary N) is 1. The van der Waals surface area contributed by atoms with Gasteiger partial charge in [-0.05, 0) is 25.9 Å². The van der Waals surface area contributed by atoms with Crippen LogP contribution in [0.4, 0.5) is 5.13 Å². The summed E-state index contributed by atoms with van der Waals surface area (Å²) in [6.07, 6.45) is 1.32.